The number of amides is 1. The zero-order valence-corrected chi connectivity index (χ0v) is 25.6. The number of sulfonamides is 1. The monoisotopic (exact) mass is 629 g/mol. The Morgan fingerprint density at radius 1 is 0.977 bits per heavy atom. The van der Waals surface area contributed by atoms with Gasteiger partial charge in [0, 0.05) is 35.4 Å². The maximum absolute atomic E-state index is 13.0. The number of anilines is 1. The van der Waals surface area contributed by atoms with Crippen LogP contribution in [-0.2, 0) is 16.6 Å². The van der Waals surface area contributed by atoms with E-state index >= 15 is 0 Å². The number of carbonyl (C=O) groups is 1. The number of rotatable bonds is 13. The van der Waals surface area contributed by atoms with E-state index in [2.05, 4.69) is 21.8 Å². The first kappa shape index (κ1) is 30.8. The molecule has 1 amide bonds. The highest BCUT2D eigenvalue weighted by molar-refractivity contribution is 7.99. The van der Waals surface area contributed by atoms with E-state index in [9.17, 15) is 23.3 Å². The van der Waals surface area contributed by atoms with Crippen LogP contribution in [0.1, 0.15) is 30.1 Å². The summed E-state index contributed by atoms with van der Waals surface area (Å²) in [7, 11) is -4.38. The predicted molar refractivity (Wildman–Crippen MR) is 173 cm³/mol. The van der Waals surface area contributed by atoms with Crippen molar-refractivity contribution in [3.8, 4) is 11.1 Å². The van der Waals surface area contributed by atoms with Gasteiger partial charge in [-0.15, -0.1) is 11.8 Å². The Morgan fingerprint density at radius 2 is 1.73 bits per heavy atom. The molecule has 5 rings (SSSR count). The zero-order chi connectivity index (χ0) is 31.1. The van der Waals surface area contributed by atoms with Crippen molar-refractivity contribution in [1.29, 1.82) is 0 Å². The Bertz CT molecular complexity index is 1890. The fourth-order valence-electron chi connectivity index (χ4n) is 4.65. The standard InChI is InChI=1S/C32H31N5O5S2/c1-2-3-18-36-22-34-29-20-25(13-16-30(29)36)23-9-11-24(12-10-23)32(38)35-44(41,42)27-14-15-28(31(21-27)37(39)40)33-17-19-43-26-7-5-4-6-8-26/h4-16,20-22,33H,2-3,17-19H2,1H3,(H,35,38). The second-order valence-corrected chi connectivity index (χ2v) is 12.9. The van der Waals surface area contributed by atoms with E-state index in [1.165, 1.54) is 24.3 Å². The lowest BCUT2D eigenvalue weighted by molar-refractivity contribution is -0.384. The van der Waals surface area contributed by atoms with Gasteiger partial charge in [-0.25, -0.2) is 18.1 Å². The van der Waals surface area contributed by atoms with Crippen molar-refractivity contribution in [2.75, 3.05) is 17.6 Å². The van der Waals surface area contributed by atoms with E-state index in [-0.39, 0.29) is 16.1 Å². The van der Waals surface area contributed by atoms with Gasteiger partial charge in [-0.05, 0) is 66.1 Å². The Balaban J connectivity index is 1.24. The molecule has 44 heavy (non-hydrogen) atoms. The van der Waals surface area contributed by atoms with Gasteiger partial charge in [-0.3, -0.25) is 14.9 Å². The fraction of sp³-hybridized carbons (Fsp3) is 0.188. The van der Waals surface area contributed by atoms with Crippen molar-refractivity contribution in [3.63, 3.8) is 0 Å². The molecule has 0 saturated heterocycles. The number of hydrogen-bond donors (Lipinski definition) is 2. The molecule has 5 aromatic rings. The first-order valence-corrected chi connectivity index (χ1v) is 16.5. The molecule has 4 aromatic carbocycles. The van der Waals surface area contributed by atoms with Crippen molar-refractivity contribution in [2.45, 2.75) is 36.1 Å². The Kier molecular flexibility index (Phi) is 9.61. The SMILES string of the molecule is CCCCn1cnc2cc(-c3ccc(C(=O)NS(=O)(=O)c4ccc(NCCSc5ccccc5)c([N+](=O)[O-])c4)cc3)ccc21. The normalized spacial score (nSPS) is 11.4. The van der Waals surface area contributed by atoms with Gasteiger partial charge in [0.15, 0.2) is 0 Å². The molecule has 0 unspecified atom stereocenters. The summed E-state index contributed by atoms with van der Waals surface area (Å²) in [6.45, 7) is 3.48. The van der Waals surface area contributed by atoms with Gasteiger partial charge in [0.2, 0.25) is 0 Å². The molecular weight excluding hydrogens is 599 g/mol. The number of benzene rings is 4. The van der Waals surface area contributed by atoms with Crippen LogP contribution in [0.25, 0.3) is 22.2 Å². The molecule has 10 nitrogen and oxygen atoms in total. The van der Waals surface area contributed by atoms with Crippen molar-refractivity contribution in [1.82, 2.24) is 14.3 Å². The van der Waals surface area contributed by atoms with Gasteiger partial charge in [-0.2, -0.15) is 0 Å². The number of thioether (sulfide) groups is 1. The first-order valence-electron chi connectivity index (χ1n) is 14.1. The van der Waals surface area contributed by atoms with E-state index in [0.717, 1.165) is 52.5 Å². The summed E-state index contributed by atoms with van der Waals surface area (Å²) in [5.74, 6) is -0.196. The lowest BCUT2D eigenvalue weighted by atomic mass is 10.0. The summed E-state index contributed by atoms with van der Waals surface area (Å²) in [5.41, 5.74) is 3.60. The van der Waals surface area contributed by atoms with Crippen molar-refractivity contribution in [2.24, 2.45) is 0 Å². The molecule has 0 bridgehead atoms. The number of nitro groups is 1. The van der Waals surface area contributed by atoms with Crippen molar-refractivity contribution in [3.05, 3.63) is 113 Å². The molecule has 226 valence electrons. The minimum Gasteiger partial charge on any atom is -0.379 e. The maximum atomic E-state index is 13.0. The molecule has 0 atom stereocenters. The average Bonchev–Trinajstić information content (AvgIpc) is 3.44. The smallest absolute Gasteiger partial charge is 0.293 e. The van der Waals surface area contributed by atoms with Crippen molar-refractivity contribution < 1.29 is 18.1 Å². The highest BCUT2D eigenvalue weighted by atomic mass is 32.2. The molecule has 1 heterocycles. The topological polar surface area (TPSA) is 136 Å². The molecule has 0 spiro atoms. The molecule has 2 N–H and O–H groups in total. The summed E-state index contributed by atoms with van der Waals surface area (Å²) in [6, 6.07) is 25.8. The van der Waals surface area contributed by atoms with Crippen LogP contribution in [0.2, 0.25) is 0 Å². The fourth-order valence-corrected chi connectivity index (χ4v) is 6.44. The van der Waals surface area contributed by atoms with Crippen LogP contribution in [0, 0.1) is 10.1 Å². The number of fused-ring (bicyclic) bond motifs is 1. The van der Waals surface area contributed by atoms with Crippen LogP contribution >= 0.6 is 11.8 Å². The third-order valence-electron chi connectivity index (χ3n) is 6.99. The molecule has 0 aliphatic rings. The molecule has 0 aliphatic carbocycles. The van der Waals surface area contributed by atoms with Gasteiger partial charge < -0.3 is 9.88 Å². The Labute approximate surface area is 259 Å². The molecular formula is C32H31N5O5S2. The number of carbonyl (C=O) groups excluding carboxylic acids is 1. The lowest BCUT2D eigenvalue weighted by Gasteiger charge is -2.11. The molecule has 0 radical (unpaired) electrons. The van der Waals surface area contributed by atoms with Crippen LogP contribution in [0.15, 0.2) is 107 Å². The van der Waals surface area contributed by atoms with E-state index in [0.29, 0.717) is 12.3 Å². The summed E-state index contributed by atoms with van der Waals surface area (Å²) >= 11 is 1.59. The lowest BCUT2D eigenvalue weighted by Crippen LogP contribution is -2.30. The van der Waals surface area contributed by atoms with Crippen LogP contribution in [0.4, 0.5) is 11.4 Å². The number of nitro benzene ring substituents is 1. The van der Waals surface area contributed by atoms with Crippen molar-refractivity contribution >= 4 is 50.1 Å². The Morgan fingerprint density at radius 3 is 2.45 bits per heavy atom. The molecule has 1 aromatic heterocycles. The highest BCUT2D eigenvalue weighted by Crippen LogP contribution is 2.29. The van der Waals surface area contributed by atoms with Crippen LogP contribution in [-0.4, -0.2) is 41.1 Å². The molecule has 12 heteroatoms. The van der Waals surface area contributed by atoms with Crippen LogP contribution < -0.4 is 10.0 Å². The molecule has 0 aliphatic heterocycles. The van der Waals surface area contributed by atoms with E-state index in [4.69, 9.17) is 0 Å². The largest absolute Gasteiger partial charge is 0.379 e. The van der Waals surface area contributed by atoms with E-state index in [1.54, 1.807) is 23.9 Å². The average molecular weight is 630 g/mol. The van der Waals surface area contributed by atoms with Gasteiger partial charge in [-0.1, -0.05) is 49.7 Å². The summed E-state index contributed by atoms with van der Waals surface area (Å²) in [4.78, 5) is 29.2. The minimum atomic E-state index is -4.38. The second-order valence-electron chi connectivity index (χ2n) is 10.0. The van der Waals surface area contributed by atoms with Gasteiger partial charge in [0.05, 0.1) is 27.2 Å². The summed E-state index contributed by atoms with van der Waals surface area (Å²) in [5, 5.41) is 14.7. The zero-order valence-electron chi connectivity index (χ0n) is 24.0. The summed E-state index contributed by atoms with van der Waals surface area (Å²) < 4.78 is 30.2. The quantitative estimate of drug-likeness (QED) is 0.0633. The number of nitrogens with zero attached hydrogens (tertiary/aromatic N) is 3. The van der Waals surface area contributed by atoms with Gasteiger partial charge in [0.25, 0.3) is 21.6 Å². The van der Waals surface area contributed by atoms with Crippen LogP contribution in [0.5, 0.6) is 0 Å². The van der Waals surface area contributed by atoms with Gasteiger partial charge in [0.1, 0.15) is 5.69 Å². The van der Waals surface area contributed by atoms with Crippen LogP contribution in [0.3, 0.4) is 0 Å². The highest BCUT2D eigenvalue weighted by Gasteiger charge is 2.24. The summed E-state index contributed by atoms with van der Waals surface area (Å²) in [6.07, 6.45) is 4.00. The number of imidazole rings is 1. The second kappa shape index (κ2) is 13.7. The Hall–Kier alpha value is -4.68. The maximum Gasteiger partial charge on any atom is 0.293 e. The third-order valence-corrected chi connectivity index (χ3v) is 9.33. The number of nitrogens with one attached hydrogen (secondary N) is 2. The predicted octanol–water partition coefficient (Wildman–Crippen LogP) is 6.73. The number of aryl methyl sites for hydroxylation is 1. The van der Waals surface area contributed by atoms with E-state index < -0.39 is 26.5 Å². The van der Waals surface area contributed by atoms with E-state index in [1.807, 2.05) is 59.6 Å². The third kappa shape index (κ3) is 7.26. The first-order chi connectivity index (χ1) is 21.2. The minimum absolute atomic E-state index is 0.131. The number of hydrogen-bond acceptors (Lipinski definition) is 8. The molecule has 0 fully saturated rings. The van der Waals surface area contributed by atoms with Gasteiger partial charge >= 0.3 is 0 Å². The molecule has 0 saturated carbocycles. The number of aromatic nitrogens is 2. The number of unbranched alkanes of at least 4 members (excludes halogenated alkanes) is 1.